The van der Waals surface area contributed by atoms with Gasteiger partial charge in [-0.05, 0) is 31.5 Å². The molecule has 0 spiro atoms. The van der Waals surface area contributed by atoms with Crippen LogP contribution in [0.3, 0.4) is 0 Å². The molecule has 0 aromatic heterocycles. The van der Waals surface area contributed by atoms with Gasteiger partial charge in [0, 0.05) is 22.7 Å². The minimum Gasteiger partial charge on any atom is -0.384 e. The lowest BCUT2D eigenvalue weighted by molar-refractivity contribution is 0.100. The molecule has 0 fully saturated rings. The second-order valence-corrected chi connectivity index (χ2v) is 4.66. The third-order valence-corrected chi connectivity index (χ3v) is 2.66. The molecule has 0 heterocycles. The number of rotatable bonds is 5. The van der Waals surface area contributed by atoms with Gasteiger partial charge in [-0.25, -0.2) is 0 Å². The molecule has 0 saturated carbocycles. The van der Waals surface area contributed by atoms with E-state index < -0.39 is 5.91 Å². The van der Waals surface area contributed by atoms with Gasteiger partial charge in [0.05, 0.1) is 5.56 Å². The van der Waals surface area contributed by atoms with Gasteiger partial charge in [0.15, 0.2) is 0 Å². The van der Waals surface area contributed by atoms with Crippen LogP contribution >= 0.6 is 15.9 Å². The van der Waals surface area contributed by atoms with Gasteiger partial charge < -0.3 is 16.8 Å². The summed E-state index contributed by atoms with van der Waals surface area (Å²) >= 11 is 3.30. The molecule has 1 atom stereocenters. The average molecular weight is 286 g/mol. The van der Waals surface area contributed by atoms with Gasteiger partial charge in [-0.15, -0.1) is 0 Å². The van der Waals surface area contributed by atoms with Gasteiger partial charge >= 0.3 is 0 Å². The van der Waals surface area contributed by atoms with Crippen LogP contribution in [0, 0.1) is 0 Å². The molecule has 88 valence electrons. The van der Waals surface area contributed by atoms with Crippen molar-refractivity contribution in [1.82, 2.24) is 0 Å². The van der Waals surface area contributed by atoms with Crippen LogP contribution in [-0.2, 0) is 0 Å². The molecule has 1 unspecified atom stereocenters. The lowest BCUT2D eigenvalue weighted by Gasteiger charge is -2.11. The summed E-state index contributed by atoms with van der Waals surface area (Å²) in [5, 5.41) is 3.15. The van der Waals surface area contributed by atoms with Crippen LogP contribution < -0.4 is 16.8 Å². The van der Waals surface area contributed by atoms with E-state index in [4.69, 9.17) is 11.5 Å². The second kappa shape index (κ2) is 5.86. The Kier molecular flexibility index (Phi) is 4.76. The first-order valence-corrected chi connectivity index (χ1v) is 5.89. The third kappa shape index (κ3) is 3.83. The van der Waals surface area contributed by atoms with E-state index in [1.165, 1.54) is 0 Å². The average Bonchev–Trinajstić information content (AvgIpc) is 2.19. The number of nitrogens with one attached hydrogen (secondary N) is 1. The number of hydrogen-bond donors (Lipinski definition) is 3. The monoisotopic (exact) mass is 285 g/mol. The summed E-state index contributed by atoms with van der Waals surface area (Å²) in [5.41, 5.74) is 12.2. The Morgan fingerprint density at radius 3 is 2.81 bits per heavy atom. The van der Waals surface area contributed by atoms with Gasteiger partial charge in [-0.3, -0.25) is 4.79 Å². The van der Waals surface area contributed by atoms with E-state index in [9.17, 15) is 4.79 Å². The van der Waals surface area contributed by atoms with Gasteiger partial charge in [-0.1, -0.05) is 15.9 Å². The lowest BCUT2D eigenvalue weighted by Crippen LogP contribution is -2.20. The highest BCUT2D eigenvalue weighted by molar-refractivity contribution is 9.10. The standard InChI is InChI=1S/C11H16BrN3O/c1-7(13)4-5-15-10-3-2-8(12)6-9(10)11(14)16/h2-3,6-7,15H,4-5,13H2,1H3,(H2,14,16). The number of carbonyl (C=O) groups excluding carboxylic acids is 1. The molecule has 1 amide bonds. The summed E-state index contributed by atoms with van der Waals surface area (Å²) in [4.78, 5) is 11.2. The van der Waals surface area contributed by atoms with Crippen molar-refractivity contribution in [2.24, 2.45) is 11.5 Å². The smallest absolute Gasteiger partial charge is 0.250 e. The quantitative estimate of drug-likeness (QED) is 0.770. The van der Waals surface area contributed by atoms with Crippen LogP contribution in [0.25, 0.3) is 0 Å². The molecule has 0 bridgehead atoms. The van der Waals surface area contributed by atoms with E-state index in [0.717, 1.165) is 23.1 Å². The van der Waals surface area contributed by atoms with Crippen LogP contribution in [0.15, 0.2) is 22.7 Å². The molecule has 4 nitrogen and oxygen atoms in total. The molecule has 16 heavy (non-hydrogen) atoms. The Hall–Kier alpha value is -1.07. The fourth-order valence-electron chi connectivity index (χ4n) is 1.31. The predicted octanol–water partition coefficient (Wildman–Crippen LogP) is 1.70. The molecule has 1 aromatic rings. The van der Waals surface area contributed by atoms with Crippen molar-refractivity contribution >= 4 is 27.5 Å². The molecular formula is C11H16BrN3O. The van der Waals surface area contributed by atoms with Crippen molar-refractivity contribution in [2.45, 2.75) is 19.4 Å². The number of halogens is 1. The van der Waals surface area contributed by atoms with Crippen molar-refractivity contribution in [3.05, 3.63) is 28.2 Å². The van der Waals surface area contributed by atoms with Crippen LogP contribution in [0.1, 0.15) is 23.7 Å². The molecule has 1 aromatic carbocycles. The third-order valence-electron chi connectivity index (χ3n) is 2.16. The van der Waals surface area contributed by atoms with E-state index in [2.05, 4.69) is 21.2 Å². The summed E-state index contributed by atoms with van der Waals surface area (Å²) in [6, 6.07) is 5.53. The number of anilines is 1. The maximum absolute atomic E-state index is 11.2. The van der Waals surface area contributed by atoms with Gasteiger partial charge in [-0.2, -0.15) is 0 Å². The van der Waals surface area contributed by atoms with E-state index in [1.54, 1.807) is 6.07 Å². The fraction of sp³-hybridized carbons (Fsp3) is 0.364. The lowest BCUT2D eigenvalue weighted by atomic mass is 10.1. The zero-order valence-electron chi connectivity index (χ0n) is 9.16. The Morgan fingerprint density at radius 1 is 1.56 bits per heavy atom. The Morgan fingerprint density at radius 2 is 2.25 bits per heavy atom. The van der Waals surface area contributed by atoms with E-state index in [1.807, 2.05) is 19.1 Å². The minimum atomic E-state index is -0.440. The topological polar surface area (TPSA) is 81.1 Å². The fourth-order valence-corrected chi connectivity index (χ4v) is 1.67. The maximum atomic E-state index is 11.2. The number of carbonyl (C=O) groups is 1. The molecular weight excluding hydrogens is 270 g/mol. The first kappa shape index (κ1) is 13.0. The second-order valence-electron chi connectivity index (χ2n) is 3.75. The van der Waals surface area contributed by atoms with Gasteiger partial charge in [0.25, 0.3) is 5.91 Å². The number of hydrogen-bond acceptors (Lipinski definition) is 3. The Bertz CT molecular complexity index is 379. The van der Waals surface area contributed by atoms with Crippen molar-refractivity contribution < 1.29 is 4.79 Å². The first-order chi connectivity index (χ1) is 7.50. The Labute approximate surface area is 104 Å². The summed E-state index contributed by atoms with van der Waals surface area (Å²) in [6.45, 7) is 2.66. The zero-order chi connectivity index (χ0) is 12.1. The van der Waals surface area contributed by atoms with Crippen molar-refractivity contribution in [1.29, 1.82) is 0 Å². The molecule has 0 saturated heterocycles. The van der Waals surface area contributed by atoms with Crippen LogP contribution in [-0.4, -0.2) is 18.5 Å². The number of amides is 1. The van der Waals surface area contributed by atoms with Gasteiger partial charge in [0.2, 0.25) is 0 Å². The molecule has 5 heteroatoms. The normalized spacial score (nSPS) is 12.2. The maximum Gasteiger partial charge on any atom is 0.250 e. The molecule has 0 aliphatic heterocycles. The van der Waals surface area contributed by atoms with Crippen LogP contribution in [0.5, 0.6) is 0 Å². The number of benzene rings is 1. The Balaban J connectivity index is 2.75. The highest BCUT2D eigenvalue weighted by atomic mass is 79.9. The van der Waals surface area contributed by atoms with E-state index in [0.29, 0.717) is 5.56 Å². The van der Waals surface area contributed by atoms with Crippen molar-refractivity contribution in [2.75, 3.05) is 11.9 Å². The highest BCUT2D eigenvalue weighted by Crippen LogP contribution is 2.20. The zero-order valence-corrected chi connectivity index (χ0v) is 10.8. The molecule has 5 N–H and O–H groups in total. The molecule has 0 aliphatic rings. The summed E-state index contributed by atoms with van der Waals surface area (Å²) in [5.74, 6) is -0.440. The largest absolute Gasteiger partial charge is 0.384 e. The first-order valence-electron chi connectivity index (χ1n) is 5.09. The number of nitrogens with two attached hydrogens (primary N) is 2. The number of primary amides is 1. The molecule has 0 aliphatic carbocycles. The van der Waals surface area contributed by atoms with E-state index in [-0.39, 0.29) is 6.04 Å². The summed E-state index contributed by atoms with van der Waals surface area (Å²) in [6.07, 6.45) is 0.842. The minimum absolute atomic E-state index is 0.139. The molecule has 0 radical (unpaired) electrons. The van der Waals surface area contributed by atoms with Crippen molar-refractivity contribution in [3.63, 3.8) is 0 Å². The SMILES string of the molecule is CC(N)CCNc1ccc(Br)cc1C(N)=O. The van der Waals surface area contributed by atoms with E-state index >= 15 is 0 Å². The van der Waals surface area contributed by atoms with Gasteiger partial charge in [0.1, 0.15) is 0 Å². The summed E-state index contributed by atoms with van der Waals surface area (Å²) in [7, 11) is 0. The van der Waals surface area contributed by atoms with Crippen LogP contribution in [0.2, 0.25) is 0 Å². The van der Waals surface area contributed by atoms with Crippen LogP contribution in [0.4, 0.5) is 5.69 Å². The predicted molar refractivity (Wildman–Crippen MR) is 69.4 cm³/mol. The highest BCUT2D eigenvalue weighted by Gasteiger charge is 2.08. The summed E-state index contributed by atoms with van der Waals surface area (Å²) < 4.78 is 0.832. The molecule has 1 rings (SSSR count). The van der Waals surface area contributed by atoms with Crippen molar-refractivity contribution in [3.8, 4) is 0 Å².